The van der Waals surface area contributed by atoms with Crippen LogP contribution in [0.5, 0.6) is 0 Å². The molecule has 108 valence electrons. The Labute approximate surface area is 108 Å². The van der Waals surface area contributed by atoms with E-state index in [1.165, 1.54) is 14.2 Å². The van der Waals surface area contributed by atoms with Crippen LogP contribution in [0.15, 0.2) is 0 Å². The van der Waals surface area contributed by atoms with Gasteiger partial charge in [0.25, 0.3) is 0 Å². The van der Waals surface area contributed by atoms with Gasteiger partial charge >= 0.3 is 0 Å². The van der Waals surface area contributed by atoms with E-state index in [0.717, 1.165) is 6.26 Å². The van der Waals surface area contributed by atoms with Crippen LogP contribution in [0.3, 0.4) is 0 Å². The standard InChI is InChI=1S/C10H22N2O5S/c1-16-7-8(17-2)6-12-10(13)9(11)4-5-18(3,14)15/h8-9H,4-7,11H2,1-3H3,(H,12,13). The molecule has 0 fully saturated rings. The maximum absolute atomic E-state index is 11.6. The molecular formula is C10H22N2O5S. The summed E-state index contributed by atoms with van der Waals surface area (Å²) in [5, 5.41) is 2.59. The van der Waals surface area contributed by atoms with Gasteiger partial charge in [-0.2, -0.15) is 0 Å². The van der Waals surface area contributed by atoms with Gasteiger partial charge in [-0.3, -0.25) is 4.79 Å². The quantitative estimate of drug-likeness (QED) is 0.534. The lowest BCUT2D eigenvalue weighted by atomic mass is 10.2. The number of methoxy groups -OCH3 is 2. The number of ether oxygens (including phenoxy) is 2. The van der Waals surface area contributed by atoms with Crippen LogP contribution >= 0.6 is 0 Å². The summed E-state index contributed by atoms with van der Waals surface area (Å²) in [7, 11) is -0.0552. The molecule has 0 saturated carbocycles. The first-order chi connectivity index (χ1) is 8.30. The number of hydrogen-bond donors (Lipinski definition) is 2. The van der Waals surface area contributed by atoms with Crippen molar-refractivity contribution >= 4 is 15.7 Å². The Kier molecular flexibility index (Phi) is 8.08. The van der Waals surface area contributed by atoms with Crippen molar-refractivity contribution in [2.75, 3.05) is 39.4 Å². The van der Waals surface area contributed by atoms with Crippen LogP contribution in [-0.4, -0.2) is 65.9 Å². The minimum absolute atomic E-state index is 0.104. The van der Waals surface area contributed by atoms with Crippen molar-refractivity contribution in [3.63, 3.8) is 0 Å². The number of sulfone groups is 1. The van der Waals surface area contributed by atoms with Crippen LogP contribution in [0.25, 0.3) is 0 Å². The number of nitrogens with two attached hydrogens (primary N) is 1. The van der Waals surface area contributed by atoms with E-state index in [1.807, 2.05) is 0 Å². The fourth-order valence-corrected chi connectivity index (χ4v) is 1.90. The summed E-state index contributed by atoms with van der Waals surface area (Å²) in [6.45, 7) is 0.630. The molecule has 7 nitrogen and oxygen atoms in total. The maximum Gasteiger partial charge on any atom is 0.237 e. The molecule has 0 saturated heterocycles. The van der Waals surface area contributed by atoms with Gasteiger partial charge in [0.15, 0.2) is 0 Å². The topological polar surface area (TPSA) is 108 Å². The van der Waals surface area contributed by atoms with Crippen LogP contribution in [0.4, 0.5) is 0 Å². The number of rotatable bonds is 9. The lowest BCUT2D eigenvalue weighted by Crippen LogP contribution is -2.45. The van der Waals surface area contributed by atoms with Gasteiger partial charge in [0, 0.05) is 27.0 Å². The van der Waals surface area contributed by atoms with E-state index in [1.54, 1.807) is 0 Å². The fraction of sp³-hybridized carbons (Fsp3) is 0.900. The van der Waals surface area contributed by atoms with Crippen molar-refractivity contribution in [1.82, 2.24) is 5.32 Å². The molecule has 1 amide bonds. The zero-order valence-electron chi connectivity index (χ0n) is 11.0. The summed E-state index contributed by atoms with van der Waals surface area (Å²) < 4.78 is 31.8. The molecule has 0 heterocycles. The summed E-state index contributed by atoms with van der Waals surface area (Å²) in [6, 6.07) is -0.834. The molecule has 2 unspecified atom stereocenters. The average Bonchev–Trinajstić information content (AvgIpc) is 2.29. The number of amides is 1. The predicted molar refractivity (Wildman–Crippen MR) is 68.0 cm³/mol. The second kappa shape index (κ2) is 8.41. The van der Waals surface area contributed by atoms with Crippen molar-refractivity contribution in [2.24, 2.45) is 5.73 Å². The minimum atomic E-state index is -3.10. The molecule has 0 aromatic carbocycles. The highest BCUT2D eigenvalue weighted by atomic mass is 32.2. The number of carbonyl (C=O) groups is 1. The third kappa shape index (κ3) is 8.40. The van der Waals surface area contributed by atoms with Gasteiger partial charge < -0.3 is 20.5 Å². The van der Waals surface area contributed by atoms with Gasteiger partial charge in [-0.1, -0.05) is 0 Å². The first-order valence-electron chi connectivity index (χ1n) is 5.53. The first-order valence-corrected chi connectivity index (χ1v) is 7.59. The number of carbonyl (C=O) groups excluding carboxylic acids is 1. The zero-order chi connectivity index (χ0) is 14.2. The van der Waals surface area contributed by atoms with Gasteiger partial charge in [0.1, 0.15) is 9.84 Å². The van der Waals surface area contributed by atoms with Crippen molar-refractivity contribution in [3.05, 3.63) is 0 Å². The fourth-order valence-electron chi connectivity index (χ4n) is 1.21. The molecule has 8 heteroatoms. The normalized spacial score (nSPS) is 15.1. The lowest BCUT2D eigenvalue weighted by Gasteiger charge is -2.17. The first kappa shape index (κ1) is 17.3. The summed E-state index contributed by atoms with van der Waals surface area (Å²) in [5.74, 6) is -0.496. The predicted octanol–water partition coefficient (Wildman–Crippen LogP) is -1.47. The average molecular weight is 282 g/mol. The molecule has 0 aromatic heterocycles. The van der Waals surface area contributed by atoms with Crippen molar-refractivity contribution in [3.8, 4) is 0 Å². The highest BCUT2D eigenvalue weighted by Gasteiger charge is 2.17. The molecule has 0 rings (SSSR count). The van der Waals surface area contributed by atoms with Gasteiger partial charge in [-0.25, -0.2) is 8.42 Å². The summed E-state index contributed by atoms with van der Waals surface area (Å²) in [5.41, 5.74) is 5.58. The zero-order valence-corrected chi connectivity index (χ0v) is 11.8. The Morgan fingerprint density at radius 3 is 2.44 bits per heavy atom. The second-order valence-corrected chi connectivity index (χ2v) is 6.34. The van der Waals surface area contributed by atoms with Crippen LogP contribution in [-0.2, 0) is 24.1 Å². The van der Waals surface area contributed by atoms with Gasteiger partial charge in [0.2, 0.25) is 5.91 Å². The molecule has 0 aromatic rings. The molecule has 0 aliphatic rings. The van der Waals surface area contributed by atoms with Crippen LogP contribution in [0.2, 0.25) is 0 Å². The SMILES string of the molecule is COCC(CNC(=O)C(N)CCS(C)(=O)=O)OC. The molecule has 0 bridgehead atoms. The van der Waals surface area contributed by atoms with Crippen molar-refractivity contribution < 1.29 is 22.7 Å². The smallest absolute Gasteiger partial charge is 0.237 e. The highest BCUT2D eigenvalue weighted by Crippen LogP contribution is 1.95. The number of nitrogens with one attached hydrogen (secondary N) is 1. The highest BCUT2D eigenvalue weighted by molar-refractivity contribution is 7.90. The van der Waals surface area contributed by atoms with Gasteiger partial charge in [0.05, 0.1) is 24.5 Å². The summed E-state index contributed by atoms with van der Waals surface area (Å²) in [4.78, 5) is 11.6. The molecule has 0 aliphatic carbocycles. The van der Waals surface area contributed by atoms with Crippen molar-refractivity contribution in [1.29, 1.82) is 0 Å². The Hall–Kier alpha value is -0.700. The van der Waals surface area contributed by atoms with Crippen LogP contribution in [0, 0.1) is 0 Å². The largest absolute Gasteiger partial charge is 0.382 e. The van der Waals surface area contributed by atoms with E-state index in [4.69, 9.17) is 15.2 Å². The summed E-state index contributed by atoms with van der Waals surface area (Å²) >= 11 is 0. The molecule has 3 N–H and O–H groups in total. The van der Waals surface area contributed by atoms with Gasteiger partial charge in [-0.15, -0.1) is 0 Å². The molecule has 18 heavy (non-hydrogen) atoms. The Balaban J connectivity index is 4.00. The Bertz CT molecular complexity index is 344. The molecule has 0 radical (unpaired) electrons. The number of hydrogen-bond acceptors (Lipinski definition) is 6. The van der Waals surface area contributed by atoms with Crippen LogP contribution in [0.1, 0.15) is 6.42 Å². The summed E-state index contributed by atoms with van der Waals surface area (Å²) in [6.07, 6.45) is 0.963. The monoisotopic (exact) mass is 282 g/mol. The molecule has 0 aliphatic heterocycles. The second-order valence-electron chi connectivity index (χ2n) is 4.08. The van der Waals surface area contributed by atoms with E-state index in [-0.39, 0.29) is 24.8 Å². The Morgan fingerprint density at radius 1 is 1.39 bits per heavy atom. The maximum atomic E-state index is 11.6. The van der Waals surface area contributed by atoms with Crippen molar-refractivity contribution in [2.45, 2.75) is 18.6 Å². The lowest BCUT2D eigenvalue weighted by molar-refractivity contribution is -0.123. The van der Waals surface area contributed by atoms with Crippen LogP contribution < -0.4 is 11.1 Å². The van der Waals surface area contributed by atoms with E-state index in [0.29, 0.717) is 6.61 Å². The molecule has 0 spiro atoms. The van der Waals surface area contributed by atoms with E-state index < -0.39 is 21.8 Å². The van der Waals surface area contributed by atoms with E-state index in [9.17, 15) is 13.2 Å². The van der Waals surface area contributed by atoms with E-state index >= 15 is 0 Å². The third-order valence-electron chi connectivity index (χ3n) is 2.33. The molecule has 2 atom stereocenters. The minimum Gasteiger partial charge on any atom is -0.382 e. The molecular weight excluding hydrogens is 260 g/mol. The third-order valence-corrected chi connectivity index (χ3v) is 3.30. The van der Waals surface area contributed by atoms with E-state index in [2.05, 4.69) is 5.32 Å². The van der Waals surface area contributed by atoms with Gasteiger partial charge in [-0.05, 0) is 6.42 Å². The Morgan fingerprint density at radius 2 is 2.00 bits per heavy atom.